The minimum Gasteiger partial charge on any atom is -0.392 e. The molecule has 1 aliphatic carbocycles. The SMILES string of the molecule is CN(CC(=O)N1CCCC1)C(=O)C1(C(N)=S)CCCC1. The second kappa shape index (κ2) is 6.08. The van der Waals surface area contributed by atoms with Crippen LogP contribution in [0.25, 0.3) is 0 Å². The Bertz CT molecular complexity index is 413. The van der Waals surface area contributed by atoms with E-state index in [1.165, 1.54) is 4.90 Å². The summed E-state index contributed by atoms with van der Waals surface area (Å²) in [7, 11) is 1.68. The Morgan fingerprint density at radius 1 is 1.20 bits per heavy atom. The summed E-state index contributed by atoms with van der Waals surface area (Å²) >= 11 is 5.12. The quantitative estimate of drug-likeness (QED) is 0.783. The summed E-state index contributed by atoms with van der Waals surface area (Å²) in [6.45, 7) is 1.74. The Hall–Kier alpha value is -1.17. The van der Waals surface area contributed by atoms with E-state index in [1.807, 2.05) is 4.90 Å². The van der Waals surface area contributed by atoms with Gasteiger partial charge < -0.3 is 15.5 Å². The van der Waals surface area contributed by atoms with Gasteiger partial charge in [-0.25, -0.2) is 0 Å². The Kier molecular flexibility index (Phi) is 4.62. The summed E-state index contributed by atoms with van der Waals surface area (Å²) in [5.41, 5.74) is 5.10. The van der Waals surface area contributed by atoms with E-state index in [-0.39, 0.29) is 23.3 Å². The first-order chi connectivity index (χ1) is 9.47. The molecule has 2 rings (SSSR count). The molecule has 2 amide bonds. The van der Waals surface area contributed by atoms with Crippen molar-refractivity contribution in [1.29, 1.82) is 0 Å². The first-order valence-electron chi connectivity index (χ1n) is 7.30. The molecule has 2 fully saturated rings. The Morgan fingerprint density at radius 2 is 1.75 bits per heavy atom. The van der Waals surface area contributed by atoms with Gasteiger partial charge in [-0.3, -0.25) is 9.59 Å². The fourth-order valence-corrected chi connectivity index (χ4v) is 3.54. The average molecular weight is 297 g/mol. The summed E-state index contributed by atoms with van der Waals surface area (Å²) in [5, 5.41) is 0. The summed E-state index contributed by atoms with van der Waals surface area (Å²) in [6.07, 6.45) is 5.47. The van der Waals surface area contributed by atoms with Crippen LogP contribution in [0.4, 0.5) is 0 Å². The van der Waals surface area contributed by atoms with Gasteiger partial charge in [0.25, 0.3) is 0 Å². The highest BCUT2D eigenvalue weighted by molar-refractivity contribution is 7.80. The lowest BCUT2D eigenvalue weighted by Crippen LogP contribution is -2.50. The van der Waals surface area contributed by atoms with Crippen molar-refractivity contribution in [3.8, 4) is 0 Å². The molecule has 0 aromatic heterocycles. The molecule has 0 aromatic carbocycles. The molecule has 2 N–H and O–H groups in total. The third kappa shape index (κ3) is 2.80. The number of carbonyl (C=O) groups excluding carboxylic acids is 2. The minimum atomic E-state index is -0.713. The molecular formula is C14H23N3O2S. The topological polar surface area (TPSA) is 66.6 Å². The number of nitrogens with zero attached hydrogens (tertiary/aromatic N) is 2. The zero-order chi connectivity index (χ0) is 14.8. The molecular weight excluding hydrogens is 274 g/mol. The van der Waals surface area contributed by atoms with Crippen molar-refractivity contribution in [3.05, 3.63) is 0 Å². The zero-order valence-corrected chi connectivity index (χ0v) is 12.9. The van der Waals surface area contributed by atoms with Gasteiger partial charge in [0.2, 0.25) is 11.8 Å². The molecule has 0 unspecified atom stereocenters. The lowest BCUT2D eigenvalue weighted by atomic mass is 9.84. The largest absolute Gasteiger partial charge is 0.392 e. The van der Waals surface area contributed by atoms with Crippen LogP contribution in [-0.2, 0) is 9.59 Å². The van der Waals surface area contributed by atoms with Crippen LogP contribution in [0, 0.1) is 5.41 Å². The number of likely N-dealkylation sites (N-methyl/N-ethyl adjacent to an activating group) is 1. The molecule has 0 atom stereocenters. The van der Waals surface area contributed by atoms with E-state index >= 15 is 0 Å². The smallest absolute Gasteiger partial charge is 0.242 e. The predicted molar refractivity (Wildman–Crippen MR) is 81.1 cm³/mol. The Labute approximate surface area is 125 Å². The van der Waals surface area contributed by atoms with Crippen LogP contribution in [0.2, 0.25) is 0 Å². The van der Waals surface area contributed by atoms with Crippen molar-refractivity contribution in [2.45, 2.75) is 38.5 Å². The monoisotopic (exact) mass is 297 g/mol. The van der Waals surface area contributed by atoms with Gasteiger partial charge in [0.05, 0.1) is 16.9 Å². The number of nitrogens with two attached hydrogens (primary N) is 1. The van der Waals surface area contributed by atoms with Crippen molar-refractivity contribution in [1.82, 2.24) is 9.80 Å². The second-order valence-electron chi connectivity index (χ2n) is 5.90. The first-order valence-corrected chi connectivity index (χ1v) is 7.71. The molecule has 1 aliphatic heterocycles. The maximum absolute atomic E-state index is 12.6. The Morgan fingerprint density at radius 3 is 2.25 bits per heavy atom. The number of hydrogen-bond acceptors (Lipinski definition) is 3. The van der Waals surface area contributed by atoms with Crippen LogP contribution in [-0.4, -0.2) is 53.3 Å². The van der Waals surface area contributed by atoms with Gasteiger partial charge in [-0.05, 0) is 25.7 Å². The zero-order valence-electron chi connectivity index (χ0n) is 12.1. The molecule has 0 aromatic rings. The number of thiocarbonyl (C=S) groups is 1. The van der Waals surface area contributed by atoms with E-state index in [0.717, 1.165) is 38.8 Å². The number of amides is 2. The highest BCUT2D eigenvalue weighted by Crippen LogP contribution is 2.39. The normalized spacial score (nSPS) is 20.9. The molecule has 1 heterocycles. The Balaban J connectivity index is 2.00. The van der Waals surface area contributed by atoms with Gasteiger partial charge in [-0.2, -0.15) is 0 Å². The summed E-state index contributed by atoms with van der Waals surface area (Å²) in [6, 6.07) is 0. The molecule has 2 aliphatic rings. The van der Waals surface area contributed by atoms with Crippen molar-refractivity contribution in [3.63, 3.8) is 0 Å². The molecule has 1 saturated carbocycles. The fraction of sp³-hybridized carbons (Fsp3) is 0.786. The van der Waals surface area contributed by atoms with Gasteiger partial charge in [0.15, 0.2) is 0 Å². The molecule has 0 radical (unpaired) electrons. The minimum absolute atomic E-state index is 0.0226. The number of carbonyl (C=O) groups is 2. The van der Waals surface area contributed by atoms with Gasteiger partial charge in [-0.15, -0.1) is 0 Å². The van der Waals surface area contributed by atoms with Crippen molar-refractivity contribution in [2.24, 2.45) is 11.1 Å². The van der Waals surface area contributed by atoms with E-state index in [0.29, 0.717) is 12.8 Å². The van der Waals surface area contributed by atoms with Crippen molar-refractivity contribution < 1.29 is 9.59 Å². The predicted octanol–water partition coefficient (Wildman–Crippen LogP) is 0.914. The molecule has 112 valence electrons. The maximum atomic E-state index is 12.6. The van der Waals surface area contributed by atoms with E-state index in [4.69, 9.17) is 18.0 Å². The van der Waals surface area contributed by atoms with Gasteiger partial charge >= 0.3 is 0 Å². The number of rotatable bonds is 4. The first kappa shape index (κ1) is 15.2. The van der Waals surface area contributed by atoms with Gasteiger partial charge in [-0.1, -0.05) is 25.1 Å². The van der Waals surface area contributed by atoms with Crippen LogP contribution in [0.15, 0.2) is 0 Å². The van der Waals surface area contributed by atoms with Crippen molar-refractivity contribution in [2.75, 3.05) is 26.7 Å². The van der Waals surface area contributed by atoms with Crippen LogP contribution in [0.1, 0.15) is 38.5 Å². The standard InChI is InChI=1S/C14H23N3O2S/c1-16(10-11(18)17-8-4-5-9-17)13(19)14(12(15)20)6-2-3-7-14/h2-10H2,1H3,(H2,15,20). The molecule has 6 heteroatoms. The lowest BCUT2D eigenvalue weighted by molar-refractivity contribution is -0.142. The van der Waals surface area contributed by atoms with E-state index in [1.54, 1.807) is 7.05 Å². The van der Waals surface area contributed by atoms with Gasteiger partial charge in [0.1, 0.15) is 0 Å². The molecule has 0 bridgehead atoms. The maximum Gasteiger partial charge on any atom is 0.242 e. The summed E-state index contributed by atoms with van der Waals surface area (Å²) < 4.78 is 0. The van der Waals surface area contributed by atoms with E-state index in [9.17, 15) is 9.59 Å². The van der Waals surface area contributed by atoms with Crippen LogP contribution in [0.3, 0.4) is 0 Å². The second-order valence-corrected chi connectivity index (χ2v) is 6.34. The van der Waals surface area contributed by atoms with Crippen LogP contribution >= 0.6 is 12.2 Å². The van der Waals surface area contributed by atoms with E-state index in [2.05, 4.69) is 0 Å². The summed E-state index contributed by atoms with van der Waals surface area (Å²) in [4.78, 5) is 28.4. The third-order valence-electron chi connectivity index (χ3n) is 4.52. The van der Waals surface area contributed by atoms with Crippen LogP contribution in [0.5, 0.6) is 0 Å². The van der Waals surface area contributed by atoms with Crippen LogP contribution < -0.4 is 5.73 Å². The summed E-state index contributed by atoms with van der Waals surface area (Å²) in [5.74, 6) is -0.0653. The van der Waals surface area contributed by atoms with Crippen molar-refractivity contribution >= 4 is 29.0 Å². The fourth-order valence-electron chi connectivity index (χ4n) is 3.25. The molecule has 0 spiro atoms. The van der Waals surface area contributed by atoms with E-state index < -0.39 is 5.41 Å². The number of hydrogen-bond donors (Lipinski definition) is 1. The number of likely N-dealkylation sites (tertiary alicyclic amines) is 1. The highest BCUT2D eigenvalue weighted by atomic mass is 32.1. The third-order valence-corrected chi connectivity index (χ3v) is 4.91. The molecule has 1 saturated heterocycles. The lowest BCUT2D eigenvalue weighted by Gasteiger charge is -2.31. The molecule has 5 nitrogen and oxygen atoms in total. The highest BCUT2D eigenvalue weighted by Gasteiger charge is 2.45. The van der Waals surface area contributed by atoms with Gasteiger partial charge in [0, 0.05) is 20.1 Å². The molecule has 20 heavy (non-hydrogen) atoms. The average Bonchev–Trinajstić information content (AvgIpc) is 3.09.